The Morgan fingerprint density at radius 3 is 2.36 bits per heavy atom. The standard InChI is InChI=1S/C35H41N5O5/c1-35(2,3)45-34(42)38-19-20-39(29(25-38)23-26-13-7-5-8-14-26)33(41)31-32(27-15-9-6-10-16-27)40(37-36-31)28-17-11-18-30(24-28)44-22-12-21-43-4/h5-11,13-18,24,29H,12,19-23,25H2,1-4H3. The summed E-state index contributed by atoms with van der Waals surface area (Å²) in [4.78, 5) is 31.0. The van der Waals surface area contributed by atoms with Crippen LogP contribution >= 0.6 is 0 Å². The molecule has 10 nitrogen and oxygen atoms in total. The van der Waals surface area contributed by atoms with Gasteiger partial charge in [-0.1, -0.05) is 71.9 Å². The molecule has 1 saturated heterocycles. The number of aromatic nitrogens is 3. The van der Waals surface area contributed by atoms with E-state index in [0.717, 1.165) is 23.2 Å². The molecule has 0 spiro atoms. The van der Waals surface area contributed by atoms with E-state index >= 15 is 0 Å². The van der Waals surface area contributed by atoms with Gasteiger partial charge in [0.2, 0.25) is 0 Å². The van der Waals surface area contributed by atoms with Gasteiger partial charge in [0.05, 0.1) is 18.3 Å². The van der Waals surface area contributed by atoms with Crippen molar-refractivity contribution in [1.82, 2.24) is 24.8 Å². The van der Waals surface area contributed by atoms with E-state index in [9.17, 15) is 9.59 Å². The first-order valence-corrected chi connectivity index (χ1v) is 15.3. The SMILES string of the molecule is COCCCOc1cccc(-n2nnc(C(=O)N3CCN(C(=O)OC(C)(C)C)CC3Cc3ccccc3)c2-c2ccccc2)c1. The second-order valence-electron chi connectivity index (χ2n) is 12.0. The topological polar surface area (TPSA) is 99.0 Å². The predicted octanol–water partition coefficient (Wildman–Crippen LogP) is 5.65. The van der Waals surface area contributed by atoms with Crippen molar-refractivity contribution in [2.75, 3.05) is 40.0 Å². The van der Waals surface area contributed by atoms with E-state index in [1.165, 1.54) is 0 Å². The lowest BCUT2D eigenvalue weighted by Crippen LogP contribution is -2.58. The second-order valence-corrected chi connectivity index (χ2v) is 12.0. The second kappa shape index (κ2) is 14.4. The fraction of sp³-hybridized carbons (Fsp3) is 0.371. The minimum atomic E-state index is -0.617. The molecule has 4 aromatic rings. The molecule has 1 fully saturated rings. The molecule has 1 aliphatic rings. The van der Waals surface area contributed by atoms with Crippen molar-refractivity contribution in [2.24, 2.45) is 0 Å². The molecule has 0 radical (unpaired) electrons. The number of hydrogen-bond acceptors (Lipinski definition) is 7. The number of amides is 2. The van der Waals surface area contributed by atoms with E-state index in [1.807, 2.05) is 111 Å². The maximum atomic E-state index is 14.5. The van der Waals surface area contributed by atoms with Crippen LogP contribution in [0.5, 0.6) is 5.75 Å². The van der Waals surface area contributed by atoms with Gasteiger partial charge in [-0.05, 0) is 44.9 Å². The zero-order valence-corrected chi connectivity index (χ0v) is 26.4. The summed E-state index contributed by atoms with van der Waals surface area (Å²) in [5.41, 5.74) is 2.82. The average molecular weight is 612 g/mol. The van der Waals surface area contributed by atoms with E-state index < -0.39 is 5.60 Å². The van der Waals surface area contributed by atoms with Gasteiger partial charge in [0, 0.05) is 51.4 Å². The van der Waals surface area contributed by atoms with Gasteiger partial charge in [-0.15, -0.1) is 5.10 Å². The van der Waals surface area contributed by atoms with E-state index in [-0.39, 0.29) is 23.7 Å². The summed E-state index contributed by atoms with van der Waals surface area (Å²) in [6, 6.07) is 26.9. The Morgan fingerprint density at radius 2 is 1.64 bits per heavy atom. The molecule has 0 aliphatic carbocycles. The molecular weight excluding hydrogens is 570 g/mol. The third kappa shape index (κ3) is 8.07. The molecule has 2 amide bonds. The normalized spacial score (nSPS) is 15.2. The van der Waals surface area contributed by atoms with Crippen LogP contribution in [0.25, 0.3) is 16.9 Å². The Hall–Kier alpha value is -4.70. The number of rotatable bonds is 10. The van der Waals surface area contributed by atoms with Gasteiger partial charge in [-0.3, -0.25) is 4.79 Å². The number of methoxy groups -OCH3 is 1. The van der Waals surface area contributed by atoms with Crippen LogP contribution in [-0.4, -0.2) is 88.4 Å². The molecule has 1 unspecified atom stereocenters. The van der Waals surface area contributed by atoms with Crippen LogP contribution in [0.15, 0.2) is 84.9 Å². The van der Waals surface area contributed by atoms with Gasteiger partial charge >= 0.3 is 6.09 Å². The van der Waals surface area contributed by atoms with E-state index in [4.69, 9.17) is 14.2 Å². The maximum Gasteiger partial charge on any atom is 0.410 e. The van der Waals surface area contributed by atoms with Crippen LogP contribution in [-0.2, 0) is 15.9 Å². The third-order valence-corrected chi connectivity index (χ3v) is 7.45. The Bertz CT molecular complexity index is 1570. The number of carbonyl (C=O) groups excluding carboxylic acids is 2. The summed E-state index contributed by atoms with van der Waals surface area (Å²) in [7, 11) is 1.67. The summed E-state index contributed by atoms with van der Waals surface area (Å²) < 4.78 is 18.4. The highest BCUT2D eigenvalue weighted by Crippen LogP contribution is 2.29. The molecule has 45 heavy (non-hydrogen) atoms. The molecule has 3 aromatic carbocycles. The zero-order valence-electron chi connectivity index (χ0n) is 26.4. The molecule has 10 heteroatoms. The molecular formula is C35H41N5O5. The van der Waals surface area contributed by atoms with Crippen LogP contribution in [0.4, 0.5) is 4.79 Å². The predicted molar refractivity (Wildman–Crippen MR) is 172 cm³/mol. The van der Waals surface area contributed by atoms with Crippen molar-refractivity contribution in [3.63, 3.8) is 0 Å². The number of carbonyl (C=O) groups is 2. The summed E-state index contributed by atoms with van der Waals surface area (Å²) in [5.74, 6) is 0.448. The summed E-state index contributed by atoms with van der Waals surface area (Å²) >= 11 is 0. The number of piperazine rings is 1. The van der Waals surface area contributed by atoms with Crippen molar-refractivity contribution >= 4 is 12.0 Å². The van der Waals surface area contributed by atoms with E-state index in [0.29, 0.717) is 50.7 Å². The first-order valence-electron chi connectivity index (χ1n) is 15.3. The number of ether oxygens (including phenoxy) is 3. The summed E-state index contributed by atoms with van der Waals surface area (Å²) in [6.45, 7) is 7.71. The van der Waals surface area contributed by atoms with Crippen molar-refractivity contribution in [2.45, 2.75) is 45.3 Å². The quantitative estimate of drug-likeness (QED) is 0.214. The van der Waals surface area contributed by atoms with Crippen LogP contribution in [0.3, 0.4) is 0 Å². The lowest BCUT2D eigenvalue weighted by Gasteiger charge is -2.41. The van der Waals surface area contributed by atoms with Crippen LogP contribution in [0.2, 0.25) is 0 Å². The molecule has 0 bridgehead atoms. The van der Waals surface area contributed by atoms with Gasteiger partial charge in [-0.25, -0.2) is 9.48 Å². The fourth-order valence-electron chi connectivity index (χ4n) is 5.37. The van der Waals surface area contributed by atoms with E-state index in [1.54, 1.807) is 16.7 Å². The first kappa shape index (κ1) is 31.7. The molecule has 2 heterocycles. The Kier molecular flexibility index (Phi) is 10.1. The monoisotopic (exact) mass is 611 g/mol. The van der Waals surface area contributed by atoms with Crippen molar-refractivity contribution in [3.05, 3.63) is 96.2 Å². The van der Waals surface area contributed by atoms with Crippen LogP contribution in [0.1, 0.15) is 43.2 Å². The summed E-state index contributed by atoms with van der Waals surface area (Å²) in [6.07, 6.45) is 0.958. The minimum Gasteiger partial charge on any atom is -0.493 e. The summed E-state index contributed by atoms with van der Waals surface area (Å²) in [5, 5.41) is 8.94. The van der Waals surface area contributed by atoms with Gasteiger partial charge in [-0.2, -0.15) is 0 Å². The molecule has 1 aromatic heterocycles. The lowest BCUT2D eigenvalue weighted by atomic mass is 10.0. The van der Waals surface area contributed by atoms with Gasteiger partial charge < -0.3 is 24.0 Å². The fourth-order valence-corrected chi connectivity index (χ4v) is 5.37. The molecule has 236 valence electrons. The van der Waals surface area contributed by atoms with E-state index in [2.05, 4.69) is 10.3 Å². The van der Waals surface area contributed by atoms with Gasteiger partial charge in [0.1, 0.15) is 17.0 Å². The number of hydrogen-bond donors (Lipinski definition) is 0. The smallest absolute Gasteiger partial charge is 0.410 e. The minimum absolute atomic E-state index is 0.239. The molecule has 1 atom stereocenters. The van der Waals surface area contributed by atoms with Crippen molar-refractivity contribution in [3.8, 4) is 22.7 Å². The molecule has 0 saturated carbocycles. The zero-order chi connectivity index (χ0) is 31.8. The highest BCUT2D eigenvalue weighted by atomic mass is 16.6. The Balaban J connectivity index is 1.48. The third-order valence-electron chi connectivity index (χ3n) is 7.45. The van der Waals surface area contributed by atoms with Crippen LogP contribution in [0, 0.1) is 0 Å². The molecule has 1 aliphatic heterocycles. The number of nitrogens with zero attached hydrogens (tertiary/aromatic N) is 5. The van der Waals surface area contributed by atoms with Gasteiger partial charge in [0.15, 0.2) is 5.69 Å². The highest BCUT2D eigenvalue weighted by Gasteiger charge is 2.37. The van der Waals surface area contributed by atoms with Crippen molar-refractivity contribution in [1.29, 1.82) is 0 Å². The average Bonchev–Trinajstić information content (AvgIpc) is 3.48. The number of benzene rings is 3. The van der Waals surface area contributed by atoms with Crippen LogP contribution < -0.4 is 4.74 Å². The highest BCUT2D eigenvalue weighted by molar-refractivity contribution is 5.98. The van der Waals surface area contributed by atoms with Crippen molar-refractivity contribution < 1.29 is 23.8 Å². The maximum absolute atomic E-state index is 14.5. The Labute approximate surface area is 264 Å². The lowest BCUT2D eigenvalue weighted by molar-refractivity contribution is 0.00427. The first-order chi connectivity index (χ1) is 21.7. The Morgan fingerprint density at radius 1 is 0.911 bits per heavy atom. The largest absolute Gasteiger partial charge is 0.493 e. The molecule has 0 N–H and O–H groups in total. The van der Waals surface area contributed by atoms with Gasteiger partial charge in [0.25, 0.3) is 5.91 Å². The molecule has 5 rings (SSSR count).